The van der Waals surface area contributed by atoms with E-state index in [2.05, 4.69) is 22.3 Å². The number of nitrogens with one attached hydrogen (secondary N) is 1. The largest absolute Gasteiger partial charge is 0.375 e. The molecule has 0 bridgehead atoms. The van der Waals surface area contributed by atoms with E-state index in [1.54, 1.807) is 12.4 Å². The van der Waals surface area contributed by atoms with E-state index < -0.39 is 0 Å². The van der Waals surface area contributed by atoms with E-state index in [0.29, 0.717) is 5.02 Å². The fraction of sp³-hybridized carbons (Fsp3) is 0.200. The van der Waals surface area contributed by atoms with Crippen molar-refractivity contribution in [3.8, 4) is 0 Å². The van der Waals surface area contributed by atoms with Crippen LogP contribution < -0.4 is 5.32 Å². The highest BCUT2D eigenvalue weighted by Crippen LogP contribution is 2.29. The van der Waals surface area contributed by atoms with Crippen molar-refractivity contribution >= 4 is 28.2 Å². The van der Waals surface area contributed by atoms with Crippen molar-refractivity contribution in [2.24, 2.45) is 7.05 Å². The van der Waals surface area contributed by atoms with E-state index >= 15 is 0 Å². The van der Waals surface area contributed by atoms with E-state index in [-0.39, 0.29) is 6.04 Å². The zero-order valence-electron chi connectivity index (χ0n) is 11.3. The van der Waals surface area contributed by atoms with E-state index in [4.69, 9.17) is 11.6 Å². The summed E-state index contributed by atoms with van der Waals surface area (Å²) in [5, 5.41) is 9.38. The van der Waals surface area contributed by atoms with Crippen molar-refractivity contribution in [1.29, 1.82) is 0 Å². The average molecular weight is 287 g/mol. The molecular formula is C15H15ClN4. The van der Waals surface area contributed by atoms with Crippen LogP contribution in [0.15, 0.2) is 42.7 Å². The smallest absolute Gasteiger partial charge is 0.0934 e. The quantitative estimate of drug-likeness (QED) is 0.796. The van der Waals surface area contributed by atoms with Gasteiger partial charge in [0.1, 0.15) is 0 Å². The summed E-state index contributed by atoms with van der Waals surface area (Å²) in [7, 11) is 1.93. The maximum absolute atomic E-state index is 6.18. The van der Waals surface area contributed by atoms with Crippen LogP contribution in [-0.2, 0) is 7.05 Å². The fourth-order valence-electron chi connectivity index (χ4n) is 2.38. The number of hydrogen-bond acceptors (Lipinski definition) is 3. The van der Waals surface area contributed by atoms with Crippen molar-refractivity contribution < 1.29 is 0 Å². The lowest BCUT2D eigenvalue weighted by atomic mass is 10.1. The molecule has 0 fully saturated rings. The predicted molar refractivity (Wildman–Crippen MR) is 82.0 cm³/mol. The maximum atomic E-state index is 6.18. The van der Waals surface area contributed by atoms with Gasteiger partial charge < -0.3 is 5.32 Å². The van der Waals surface area contributed by atoms with Crippen LogP contribution in [0.2, 0.25) is 5.02 Å². The standard InChI is InChI=1S/C15H15ClN4/c1-10(14-5-7-18-20(14)2)19-13-9-12(16)8-11-4-3-6-17-15(11)13/h3-10,19H,1-2H3. The SMILES string of the molecule is CC(Nc1cc(Cl)cc2cccnc12)c1ccnn1C. The van der Waals surface area contributed by atoms with Gasteiger partial charge in [-0.3, -0.25) is 9.67 Å². The number of aromatic nitrogens is 3. The van der Waals surface area contributed by atoms with Gasteiger partial charge in [0.15, 0.2) is 0 Å². The number of rotatable bonds is 3. The Labute approximate surface area is 122 Å². The van der Waals surface area contributed by atoms with Gasteiger partial charge in [0.05, 0.1) is 22.9 Å². The zero-order valence-corrected chi connectivity index (χ0v) is 12.1. The summed E-state index contributed by atoms with van der Waals surface area (Å²) in [4.78, 5) is 4.44. The molecule has 0 aliphatic rings. The summed E-state index contributed by atoms with van der Waals surface area (Å²) in [5.74, 6) is 0. The Morgan fingerprint density at radius 2 is 2.10 bits per heavy atom. The third kappa shape index (κ3) is 2.34. The molecule has 3 aromatic rings. The van der Waals surface area contributed by atoms with Crippen LogP contribution in [0.1, 0.15) is 18.7 Å². The van der Waals surface area contributed by atoms with Crippen molar-refractivity contribution in [2.75, 3.05) is 5.32 Å². The highest BCUT2D eigenvalue weighted by atomic mass is 35.5. The summed E-state index contributed by atoms with van der Waals surface area (Å²) >= 11 is 6.18. The average Bonchev–Trinajstić information content (AvgIpc) is 2.85. The molecule has 2 aromatic heterocycles. The van der Waals surface area contributed by atoms with Crippen LogP contribution >= 0.6 is 11.6 Å². The molecule has 0 amide bonds. The van der Waals surface area contributed by atoms with E-state index in [1.807, 2.05) is 42.1 Å². The van der Waals surface area contributed by atoms with Crippen LogP contribution in [0, 0.1) is 0 Å². The number of nitrogens with zero attached hydrogens (tertiary/aromatic N) is 3. The van der Waals surface area contributed by atoms with Crippen LogP contribution in [0.5, 0.6) is 0 Å². The zero-order chi connectivity index (χ0) is 14.1. The fourth-order valence-corrected chi connectivity index (χ4v) is 2.61. The molecule has 1 unspecified atom stereocenters. The van der Waals surface area contributed by atoms with Crippen molar-refractivity contribution in [2.45, 2.75) is 13.0 Å². The van der Waals surface area contributed by atoms with Gasteiger partial charge in [-0.1, -0.05) is 17.7 Å². The molecule has 0 radical (unpaired) electrons. The first-order valence-electron chi connectivity index (χ1n) is 6.44. The number of fused-ring (bicyclic) bond motifs is 1. The molecule has 102 valence electrons. The lowest BCUT2D eigenvalue weighted by Crippen LogP contribution is -2.11. The predicted octanol–water partition coefficient (Wildman–Crippen LogP) is 3.79. The summed E-state index contributed by atoms with van der Waals surface area (Å²) in [6, 6.07) is 9.86. The Morgan fingerprint density at radius 3 is 2.85 bits per heavy atom. The Hall–Kier alpha value is -2.07. The third-order valence-corrected chi connectivity index (χ3v) is 3.56. The first-order valence-corrected chi connectivity index (χ1v) is 6.81. The molecule has 2 heterocycles. The minimum Gasteiger partial charge on any atom is -0.375 e. The topological polar surface area (TPSA) is 42.7 Å². The summed E-state index contributed by atoms with van der Waals surface area (Å²) in [6.07, 6.45) is 3.58. The molecule has 0 aliphatic carbocycles. The second-order valence-electron chi connectivity index (χ2n) is 4.77. The molecule has 0 aliphatic heterocycles. The summed E-state index contributed by atoms with van der Waals surface area (Å²) in [6.45, 7) is 2.09. The monoisotopic (exact) mass is 286 g/mol. The molecule has 5 heteroatoms. The van der Waals surface area contributed by atoms with Crippen molar-refractivity contribution in [3.05, 3.63) is 53.4 Å². The van der Waals surface area contributed by atoms with Gasteiger partial charge in [-0.25, -0.2) is 0 Å². The van der Waals surface area contributed by atoms with Gasteiger partial charge in [-0.05, 0) is 31.2 Å². The van der Waals surface area contributed by atoms with Crippen molar-refractivity contribution in [1.82, 2.24) is 14.8 Å². The Balaban J connectivity index is 2.00. The normalized spacial score (nSPS) is 12.6. The molecule has 3 rings (SSSR count). The molecule has 20 heavy (non-hydrogen) atoms. The minimum atomic E-state index is 0.117. The first kappa shape index (κ1) is 12.9. The molecule has 1 N–H and O–H groups in total. The second kappa shape index (κ2) is 5.13. The van der Waals surface area contributed by atoms with Crippen LogP contribution in [0.4, 0.5) is 5.69 Å². The molecule has 1 aromatic carbocycles. The van der Waals surface area contributed by atoms with Crippen LogP contribution in [0.25, 0.3) is 10.9 Å². The lowest BCUT2D eigenvalue weighted by Gasteiger charge is -2.17. The second-order valence-corrected chi connectivity index (χ2v) is 5.21. The van der Waals surface area contributed by atoms with Gasteiger partial charge in [-0.2, -0.15) is 5.10 Å². The van der Waals surface area contributed by atoms with E-state index in [9.17, 15) is 0 Å². The number of anilines is 1. The number of pyridine rings is 1. The number of aryl methyl sites for hydroxylation is 1. The molecular weight excluding hydrogens is 272 g/mol. The Morgan fingerprint density at radius 1 is 1.25 bits per heavy atom. The van der Waals surface area contributed by atoms with Gasteiger partial charge in [0, 0.05) is 29.9 Å². The maximum Gasteiger partial charge on any atom is 0.0934 e. The molecule has 0 spiro atoms. The van der Waals surface area contributed by atoms with Gasteiger partial charge in [-0.15, -0.1) is 0 Å². The van der Waals surface area contributed by atoms with Gasteiger partial charge in [0.25, 0.3) is 0 Å². The highest BCUT2D eigenvalue weighted by molar-refractivity contribution is 6.31. The third-order valence-electron chi connectivity index (χ3n) is 3.34. The Kier molecular flexibility index (Phi) is 3.32. The number of hydrogen-bond donors (Lipinski definition) is 1. The highest BCUT2D eigenvalue weighted by Gasteiger charge is 2.12. The summed E-state index contributed by atoms with van der Waals surface area (Å²) < 4.78 is 1.86. The van der Waals surface area contributed by atoms with E-state index in [0.717, 1.165) is 22.3 Å². The van der Waals surface area contributed by atoms with Crippen molar-refractivity contribution in [3.63, 3.8) is 0 Å². The van der Waals surface area contributed by atoms with Crippen LogP contribution in [-0.4, -0.2) is 14.8 Å². The Bertz CT molecular complexity index is 750. The number of halogens is 1. The first-order chi connectivity index (χ1) is 9.65. The summed E-state index contributed by atoms with van der Waals surface area (Å²) in [5.41, 5.74) is 2.96. The molecule has 4 nitrogen and oxygen atoms in total. The van der Waals surface area contributed by atoms with E-state index in [1.165, 1.54) is 0 Å². The molecule has 1 atom stereocenters. The number of benzene rings is 1. The van der Waals surface area contributed by atoms with Crippen LogP contribution in [0.3, 0.4) is 0 Å². The molecule has 0 saturated carbocycles. The molecule has 0 saturated heterocycles. The lowest BCUT2D eigenvalue weighted by molar-refractivity contribution is 0.676. The minimum absolute atomic E-state index is 0.117. The van der Waals surface area contributed by atoms with Gasteiger partial charge >= 0.3 is 0 Å². The van der Waals surface area contributed by atoms with Gasteiger partial charge in [0.2, 0.25) is 0 Å².